The fourth-order valence-corrected chi connectivity index (χ4v) is 11.4. The van der Waals surface area contributed by atoms with Crippen molar-refractivity contribution >= 4 is 0 Å². The van der Waals surface area contributed by atoms with Crippen LogP contribution < -0.4 is 0 Å². The van der Waals surface area contributed by atoms with E-state index in [1.807, 2.05) is 6.92 Å². The van der Waals surface area contributed by atoms with Gasteiger partial charge in [-0.2, -0.15) is 0 Å². The highest BCUT2D eigenvalue weighted by molar-refractivity contribution is 5.31. The van der Waals surface area contributed by atoms with E-state index in [1.54, 1.807) is 0 Å². The highest BCUT2D eigenvalue weighted by Gasteiger charge is 2.84. The van der Waals surface area contributed by atoms with Gasteiger partial charge in [0.15, 0.2) is 5.79 Å². The number of rotatable bonds is 0. The number of aliphatic hydroxyl groups excluding tert-OH is 3. The average Bonchev–Trinajstić information content (AvgIpc) is 3.04. The summed E-state index contributed by atoms with van der Waals surface area (Å²) < 4.78 is 6.60. The Morgan fingerprint density at radius 1 is 0.886 bits per heavy atom. The molecule has 7 rings (SSSR count). The summed E-state index contributed by atoms with van der Waals surface area (Å²) in [5.74, 6) is -2.93. The number of fused-ring (bicyclic) bond motifs is 5. The number of ether oxygens (including phenoxy) is 1. The van der Waals surface area contributed by atoms with Gasteiger partial charge in [0.05, 0.1) is 17.3 Å². The Labute approximate surface area is 207 Å². The maximum absolute atomic E-state index is 12.5. The van der Waals surface area contributed by atoms with Crippen LogP contribution in [-0.2, 0) is 4.74 Å². The van der Waals surface area contributed by atoms with E-state index in [0.29, 0.717) is 44.6 Å². The Hall–Kier alpha value is -0.320. The molecule has 6 N–H and O–H groups in total. The Morgan fingerprint density at radius 3 is 2.34 bits per heavy atom. The van der Waals surface area contributed by atoms with Crippen LogP contribution in [0.15, 0.2) is 0 Å². The lowest BCUT2D eigenvalue weighted by Gasteiger charge is -2.63. The highest BCUT2D eigenvalue weighted by atomic mass is 16.7. The third-order valence-electron chi connectivity index (χ3n) is 12.8. The summed E-state index contributed by atoms with van der Waals surface area (Å²) in [7, 11) is 0. The van der Waals surface area contributed by atoms with Gasteiger partial charge in [-0.05, 0) is 69.6 Å². The molecule has 0 aromatic rings. The lowest BCUT2D eigenvalue weighted by molar-refractivity contribution is -0.290. The third-order valence-corrected chi connectivity index (χ3v) is 12.8. The van der Waals surface area contributed by atoms with Crippen molar-refractivity contribution in [1.82, 2.24) is 4.90 Å². The zero-order valence-electron chi connectivity index (χ0n) is 21.2. The molecule has 0 amide bonds. The van der Waals surface area contributed by atoms with Crippen LogP contribution in [-0.4, -0.2) is 95.6 Å². The van der Waals surface area contributed by atoms with Gasteiger partial charge >= 0.3 is 0 Å². The second kappa shape index (κ2) is 6.81. The van der Waals surface area contributed by atoms with E-state index in [-0.39, 0.29) is 23.8 Å². The van der Waals surface area contributed by atoms with E-state index in [1.165, 1.54) is 0 Å². The van der Waals surface area contributed by atoms with Crippen molar-refractivity contribution in [3.05, 3.63) is 0 Å². The third kappa shape index (κ3) is 2.44. The van der Waals surface area contributed by atoms with Gasteiger partial charge in [0, 0.05) is 42.3 Å². The van der Waals surface area contributed by atoms with Gasteiger partial charge in [0.1, 0.15) is 17.8 Å². The summed E-state index contributed by atoms with van der Waals surface area (Å²) in [6, 6.07) is -0.0745. The molecule has 0 aromatic heterocycles. The molecule has 198 valence electrons. The molecule has 35 heavy (non-hydrogen) atoms. The van der Waals surface area contributed by atoms with Gasteiger partial charge in [-0.25, -0.2) is 0 Å². The van der Waals surface area contributed by atoms with Crippen molar-refractivity contribution in [2.45, 2.75) is 113 Å². The molecule has 4 bridgehead atoms. The van der Waals surface area contributed by atoms with Gasteiger partial charge in [0.25, 0.3) is 0 Å². The Kier molecular flexibility index (Phi) is 4.62. The number of nitrogens with zero attached hydrogens (tertiary/aromatic N) is 1. The van der Waals surface area contributed by atoms with E-state index >= 15 is 0 Å². The molecular weight excluding hydrogens is 450 g/mol. The first-order chi connectivity index (χ1) is 16.3. The largest absolute Gasteiger partial charge is 0.390 e. The molecule has 15 atom stereocenters. The van der Waals surface area contributed by atoms with E-state index in [9.17, 15) is 30.6 Å². The summed E-state index contributed by atoms with van der Waals surface area (Å²) in [4.78, 5) is 2.36. The molecule has 7 aliphatic rings. The molecule has 3 aliphatic heterocycles. The normalized spacial score (nSPS) is 67.5. The number of hydrogen-bond donors (Lipinski definition) is 6. The zero-order valence-corrected chi connectivity index (χ0v) is 21.2. The van der Waals surface area contributed by atoms with Crippen LogP contribution in [0.25, 0.3) is 0 Å². The van der Waals surface area contributed by atoms with E-state index in [2.05, 4.69) is 18.7 Å². The zero-order chi connectivity index (χ0) is 24.9. The number of aliphatic hydroxyl groups is 6. The molecule has 7 fully saturated rings. The SMILES string of the molecule is C[C@H]1CC[C@@H]2N(C1)C[C@@H]1[C@H]([C@@H](O)[C@H](O)[C@@]3(O)[C@@H]4CC[C@@H]5[C@]6(O)OC4(C[C@@H]13)[C@@]5(C)CC[C@@H]6O)[C@]2(C)O. The van der Waals surface area contributed by atoms with Crippen molar-refractivity contribution < 1.29 is 35.4 Å². The van der Waals surface area contributed by atoms with Crippen LogP contribution in [0.1, 0.15) is 65.7 Å². The molecular formula is C27H43NO7. The first-order valence-electron chi connectivity index (χ1n) is 14.0. The van der Waals surface area contributed by atoms with Crippen molar-refractivity contribution in [1.29, 1.82) is 0 Å². The fraction of sp³-hybridized carbons (Fsp3) is 1.00. The van der Waals surface area contributed by atoms with Crippen molar-refractivity contribution in [3.63, 3.8) is 0 Å². The molecule has 4 saturated carbocycles. The predicted octanol–water partition coefficient (Wildman–Crippen LogP) is 0.215. The van der Waals surface area contributed by atoms with Gasteiger partial charge in [0.2, 0.25) is 0 Å². The van der Waals surface area contributed by atoms with Crippen LogP contribution in [0.3, 0.4) is 0 Å². The molecule has 3 saturated heterocycles. The molecule has 0 radical (unpaired) electrons. The summed E-state index contributed by atoms with van der Waals surface area (Å²) >= 11 is 0. The molecule has 8 heteroatoms. The standard InChI is InChI=1S/C27H43NO7/c1-13-4-7-18-24(3,32)20-14(12-28(18)11-13)15-10-25-17(26(15,33)22(31)21(20)30)6-5-16-23(25,2)9-8-19(29)27(16,34)35-25/h13-22,29-34H,4-12H2,1-3H3/t13-,14-,15-,16-,17+,18-,19-,20+,21+,22-,23-,24+,25?,26-,27-/m0/s1. The van der Waals surface area contributed by atoms with Gasteiger partial charge in [-0.3, -0.25) is 4.90 Å². The molecule has 1 unspecified atom stereocenters. The summed E-state index contributed by atoms with van der Waals surface area (Å²) in [6.07, 6.45) is 1.05. The second-order valence-electron chi connectivity index (χ2n) is 14.1. The van der Waals surface area contributed by atoms with Crippen LogP contribution in [0.4, 0.5) is 0 Å². The molecule has 4 aliphatic carbocycles. The highest BCUT2D eigenvalue weighted by Crippen LogP contribution is 2.76. The molecule has 8 nitrogen and oxygen atoms in total. The topological polar surface area (TPSA) is 134 Å². The van der Waals surface area contributed by atoms with Crippen LogP contribution in [0, 0.1) is 40.9 Å². The van der Waals surface area contributed by atoms with Crippen molar-refractivity contribution in [2.24, 2.45) is 40.9 Å². The Bertz CT molecular complexity index is 931. The van der Waals surface area contributed by atoms with Gasteiger partial charge in [-0.1, -0.05) is 13.8 Å². The average molecular weight is 494 g/mol. The minimum absolute atomic E-state index is 0.0745. The first-order valence-corrected chi connectivity index (χ1v) is 14.0. The summed E-state index contributed by atoms with van der Waals surface area (Å²) in [5, 5.41) is 69.9. The van der Waals surface area contributed by atoms with Gasteiger partial charge < -0.3 is 35.4 Å². The van der Waals surface area contributed by atoms with Gasteiger partial charge in [-0.15, -0.1) is 0 Å². The molecule has 3 heterocycles. The minimum atomic E-state index is -1.64. The van der Waals surface area contributed by atoms with E-state index in [4.69, 9.17) is 4.74 Å². The summed E-state index contributed by atoms with van der Waals surface area (Å²) in [5.41, 5.74) is -4.08. The summed E-state index contributed by atoms with van der Waals surface area (Å²) in [6.45, 7) is 7.73. The van der Waals surface area contributed by atoms with Crippen molar-refractivity contribution in [2.75, 3.05) is 13.1 Å². The van der Waals surface area contributed by atoms with Crippen molar-refractivity contribution in [3.8, 4) is 0 Å². The maximum Gasteiger partial charge on any atom is 0.196 e. The Morgan fingerprint density at radius 2 is 1.60 bits per heavy atom. The minimum Gasteiger partial charge on any atom is -0.390 e. The lowest BCUT2D eigenvalue weighted by Crippen LogP contribution is -2.76. The predicted molar refractivity (Wildman–Crippen MR) is 125 cm³/mol. The monoisotopic (exact) mass is 493 g/mol. The second-order valence-corrected chi connectivity index (χ2v) is 14.1. The molecule has 0 aromatic carbocycles. The quantitative estimate of drug-likeness (QED) is 0.282. The maximum atomic E-state index is 12.5. The fourth-order valence-electron chi connectivity index (χ4n) is 11.4. The van der Waals surface area contributed by atoms with E-state index < -0.39 is 58.2 Å². The number of hydrogen-bond acceptors (Lipinski definition) is 8. The number of piperidine rings is 2. The molecule has 1 spiro atoms. The van der Waals surface area contributed by atoms with Crippen LogP contribution >= 0.6 is 0 Å². The first kappa shape index (κ1) is 23.8. The van der Waals surface area contributed by atoms with Crippen LogP contribution in [0.5, 0.6) is 0 Å². The Balaban J connectivity index is 1.35. The lowest BCUT2D eigenvalue weighted by atomic mass is 9.49. The smallest absolute Gasteiger partial charge is 0.196 e. The van der Waals surface area contributed by atoms with E-state index in [0.717, 1.165) is 19.4 Å². The van der Waals surface area contributed by atoms with Crippen LogP contribution in [0.2, 0.25) is 0 Å².